The summed E-state index contributed by atoms with van der Waals surface area (Å²) in [6.07, 6.45) is 1.93. The first-order valence-corrected chi connectivity index (χ1v) is 7.12. The van der Waals surface area contributed by atoms with Gasteiger partial charge in [-0.25, -0.2) is 0 Å². The number of thioether (sulfide) groups is 1. The van der Waals surface area contributed by atoms with Crippen molar-refractivity contribution in [3.05, 3.63) is 29.8 Å². The van der Waals surface area contributed by atoms with Crippen molar-refractivity contribution in [1.82, 2.24) is 4.90 Å². The van der Waals surface area contributed by atoms with Crippen molar-refractivity contribution in [2.45, 2.75) is 6.92 Å². The van der Waals surface area contributed by atoms with Crippen LogP contribution in [0.4, 0.5) is 0 Å². The molecule has 1 amide bonds. The van der Waals surface area contributed by atoms with Crippen LogP contribution < -0.4 is 4.74 Å². The van der Waals surface area contributed by atoms with Gasteiger partial charge in [0.2, 0.25) is 0 Å². The van der Waals surface area contributed by atoms with E-state index in [1.807, 2.05) is 25.3 Å². The lowest BCUT2D eigenvalue weighted by molar-refractivity contribution is 0.0860. The highest BCUT2D eigenvalue weighted by Gasteiger charge is 2.23. The molecule has 96 valence electrons. The number of carbonyl (C=O) groups is 1. The van der Waals surface area contributed by atoms with Crippen LogP contribution in [0.15, 0.2) is 29.3 Å². The minimum Gasteiger partial charge on any atom is -0.494 e. The van der Waals surface area contributed by atoms with Gasteiger partial charge in [0.05, 0.1) is 13.2 Å². The number of rotatable bonds is 3. The molecule has 0 radical (unpaired) electrons. The van der Waals surface area contributed by atoms with E-state index in [0.29, 0.717) is 25.3 Å². The van der Waals surface area contributed by atoms with Crippen molar-refractivity contribution in [1.29, 1.82) is 0 Å². The zero-order valence-electron chi connectivity index (χ0n) is 10.5. The molecule has 18 heavy (non-hydrogen) atoms. The normalized spacial score (nSPS) is 14.6. The zero-order valence-corrected chi connectivity index (χ0v) is 11.4. The number of hydrogen-bond donors (Lipinski definition) is 0. The summed E-state index contributed by atoms with van der Waals surface area (Å²) in [5.41, 5.74) is 0.669. The molecule has 0 saturated carbocycles. The highest BCUT2D eigenvalue weighted by molar-refractivity contribution is 8.13. The molecular weight excluding hydrogens is 248 g/mol. The third-order valence-corrected chi connectivity index (χ3v) is 3.36. The minimum atomic E-state index is 0.00338. The fourth-order valence-corrected chi connectivity index (χ4v) is 2.42. The molecule has 0 fully saturated rings. The molecule has 1 heterocycles. The summed E-state index contributed by atoms with van der Waals surface area (Å²) in [5.74, 6) is 0.790. The summed E-state index contributed by atoms with van der Waals surface area (Å²) in [7, 11) is 0. The van der Waals surface area contributed by atoms with Gasteiger partial charge in [-0.2, -0.15) is 0 Å². The van der Waals surface area contributed by atoms with Crippen LogP contribution in [-0.4, -0.2) is 41.9 Å². The summed E-state index contributed by atoms with van der Waals surface area (Å²) < 4.78 is 5.36. The Morgan fingerprint density at radius 2 is 2.17 bits per heavy atom. The van der Waals surface area contributed by atoms with Gasteiger partial charge in [0.25, 0.3) is 5.91 Å². The Balaban J connectivity index is 2.11. The number of amides is 1. The van der Waals surface area contributed by atoms with Gasteiger partial charge in [0.15, 0.2) is 5.17 Å². The maximum absolute atomic E-state index is 12.3. The van der Waals surface area contributed by atoms with Crippen LogP contribution in [0.3, 0.4) is 0 Å². The molecule has 1 aromatic rings. The van der Waals surface area contributed by atoms with Crippen molar-refractivity contribution in [2.75, 3.05) is 26.0 Å². The molecule has 0 N–H and O–H groups in total. The van der Waals surface area contributed by atoms with Crippen molar-refractivity contribution in [3.63, 3.8) is 0 Å². The topological polar surface area (TPSA) is 41.9 Å². The van der Waals surface area contributed by atoms with Gasteiger partial charge in [0, 0.05) is 12.1 Å². The largest absolute Gasteiger partial charge is 0.494 e. The first-order chi connectivity index (χ1) is 8.76. The maximum Gasteiger partial charge on any atom is 0.259 e. The lowest BCUT2D eigenvalue weighted by Gasteiger charge is -2.16. The smallest absolute Gasteiger partial charge is 0.259 e. The van der Waals surface area contributed by atoms with Crippen LogP contribution >= 0.6 is 11.8 Å². The monoisotopic (exact) mass is 264 g/mol. The van der Waals surface area contributed by atoms with E-state index >= 15 is 0 Å². The van der Waals surface area contributed by atoms with Gasteiger partial charge in [-0.05, 0) is 37.4 Å². The average molecular weight is 264 g/mol. The van der Waals surface area contributed by atoms with Crippen molar-refractivity contribution in [3.8, 4) is 5.75 Å². The summed E-state index contributed by atoms with van der Waals surface area (Å²) in [6.45, 7) is 3.92. The SMILES string of the molecule is CCOc1ccc(C(=O)N2CCN=C2SC)cc1. The first kappa shape index (κ1) is 13.0. The Bertz CT molecular complexity index is 457. The first-order valence-electron chi connectivity index (χ1n) is 5.89. The number of aliphatic imine (C=N–C) groups is 1. The van der Waals surface area contributed by atoms with Gasteiger partial charge in [-0.3, -0.25) is 14.7 Å². The van der Waals surface area contributed by atoms with E-state index in [1.165, 1.54) is 11.8 Å². The highest BCUT2D eigenvalue weighted by atomic mass is 32.2. The maximum atomic E-state index is 12.3. The van der Waals surface area contributed by atoms with Crippen LogP contribution in [0.25, 0.3) is 0 Å². The molecule has 0 aromatic heterocycles. The molecule has 4 nitrogen and oxygen atoms in total. The number of hydrogen-bond acceptors (Lipinski definition) is 4. The number of amidine groups is 1. The molecule has 0 saturated heterocycles. The fourth-order valence-electron chi connectivity index (χ4n) is 1.81. The Morgan fingerprint density at radius 1 is 1.44 bits per heavy atom. The van der Waals surface area contributed by atoms with Gasteiger partial charge in [0.1, 0.15) is 5.75 Å². The molecule has 0 atom stereocenters. The van der Waals surface area contributed by atoms with Crippen LogP contribution in [0.2, 0.25) is 0 Å². The summed E-state index contributed by atoms with van der Waals surface area (Å²) in [5, 5.41) is 0.800. The molecule has 2 rings (SSSR count). The van der Waals surface area contributed by atoms with Crippen molar-refractivity contribution in [2.24, 2.45) is 4.99 Å². The molecule has 1 aromatic carbocycles. The molecule has 0 unspecified atom stereocenters. The van der Waals surface area contributed by atoms with E-state index in [9.17, 15) is 4.79 Å². The average Bonchev–Trinajstić information content (AvgIpc) is 2.87. The minimum absolute atomic E-state index is 0.00338. The number of carbonyl (C=O) groups excluding carboxylic acids is 1. The lowest BCUT2D eigenvalue weighted by Crippen LogP contribution is -2.32. The van der Waals surface area contributed by atoms with Crippen molar-refractivity contribution >= 4 is 22.8 Å². The van der Waals surface area contributed by atoms with Gasteiger partial charge >= 0.3 is 0 Å². The van der Waals surface area contributed by atoms with Gasteiger partial charge in [-0.1, -0.05) is 11.8 Å². The predicted molar refractivity (Wildman–Crippen MR) is 74.5 cm³/mol. The quantitative estimate of drug-likeness (QED) is 0.841. The van der Waals surface area contributed by atoms with E-state index in [1.54, 1.807) is 17.0 Å². The highest BCUT2D eigenvalue weighted by Crippen LogP contribution is 2.18. The molecule has 1 aliphatic heterocycles. The lowest BCUT2D eigenvalue weighted by atomic mass is 10.2. The Hall–Kier alpha value is -1.49. The van der Waals surface area contributed by atoms with E-state index in [4.69, 9.17) is 4.74 Å². The van der Waals surface area contributed by atoms with Crippen LogP contribution in [0, 0.1) is 0 Å². The molecule has 0 spiro atoms. The van der Waals surface area contributed by atoms with Gasteiger partial charge < -0.3 is 4.74 Å². The zero-order chi connectivity index (χ0) is 13.0. The Morgan fingerprint density at radius 3 is 2.78 bits per heavy atom. The number of ether oxygens (including phenoxy) is 1. The molecule has 5 heteroatoms. The summed E-state index contributed by atoms with van der Waals surface area (Å²) in [6, 6.07) is 7.23. The van der Waals surface area contributed by atoms with E-state index in [-0.39, 0.29) is 5.91 Å². The third kappa shape index (κ3) is 2.67. The van der Waals surface area contributed by atoms with Crippen LogP contribution in [0.1, 0.15) is 17.3 Å². The molecule has 0 bridgehead atoms. The van der Waals surface area contributed by atoms with E-state index < -0.39 is 0 Å². The predicted octanol–water partition coefficient (Wildman–Crippen LogP) is 2.26. The van der Waals surface area contributed by atoms with E-state index in [2.05, 4.69) is 4.99 Å². The third-order valence-electron chi connectivity index (χ3n) is 2.64. The number of nitrogens with zero attached hydrogens (tertiary/aromatic N) is 2. The summed E-state index contributed by atoms with van der Waals surface area (Å²) in [4.78, 5) is 18.3. The molecular formula is C13H16N2O2S. The van der Waals surface area contributed by atoms with Crippen LogP contribution in [-0.2, 0) is 0 Å². The summed E-state index contributed by atoms with van der Waals surface area (Å²) >= 11 is 1.51. The molecule has 0 aliphatic carbocycles. The Labute approximate surface area is 111 Å². The fraction of sp³-hybridized carbons (Fsp3) is 0.385. The second kappa shape index (κ2) is 5.91. The Kier molecular flexibility index (Phi) is 4.25. The number of benzene rings is 1. The van der Waals surface area contributed by atoms with Gasteiger partial charge in [-0.15, -0.1) is 0 Å². The van der Waals surface area contributed by atoms with Crippen molar-refractivity contribution < 1.29 is 9.53 Å². The second-order valence-electron chi connectivity index (χ2n) is 3.78. The van der Waals surface area contributed by atoms with Crippen LogP contribution in [0.5, 0.6) is 5.75 Å². The molecule has 1 aliphatic rings. The van der Waals surface area contributed by atoms with E-state index in [0.717, 1.165) is 10.9 Å². The second-order valence-corrected chi connectivity index (χ2v) is 4.56. The standard InChI is InChI=1S/C13H16N2O2S/c1-3-17-11-6-4-10(5-7-11)12(16)15-9-8-14-13(15)18-2/h4-7H,3,8-9H2,1-2H3.